The third kappa shape index (κ3) is 4.46. The third-order valence-electron chi connectivity index (χ3n) is 15.3. The highest BCUT2D eigenvalue weighted by atomic mass is 16.7. The van der Waals surface area contributed by atoms with Crippen LogP contribution in [0.2, 0.25) is 0 Å². The van der Waals surface area contributed by atoms with E-state index in [0.717, 1.165) is 24.8 Å². The molecule has 0 bridgehead atoms. The maximum absolute atomic E-state index is 14.4. The minimum Gasteiger partial charge on any atom is -0.432 e. The number of ether oxygens (including phenoxy) is 2. The second-order valence-electron chi connectivity index (χ2n) is 18.0. The van der Waals surface area contributed by atoms with E-state index in [1.165, 1.54) is 0 Å². The molecule has 0 aromatic heterocycles. The number of hydrogen-bond donors (Lipinski definition) is 7. The molecule has 15 atom stereocenters. The van der Waals surface area contributed by atoms with Crippen molar-refractivity contribution in [3.05, 3.63) is 11.6 Å². The van der Waals surface area contributed by atoms with Crippen LogP contribution in [-0.2, 0) is 14.3 Å². The van der Waals surface area contributed by atoms with Crippen LogP contribution in [0.5, 0.6) is 0 Å². The second kappa shape index (κ2) is 10.9. The summed E-state index contributed by atoms with van der Waals surface area (Å²) >= 11 is 0. The Morgan fingerprint density at radius 2 is 1.50 bits per heavy atom. The number of fused-ring (bicyclic) bond motifs is 7. The minimum absolute atomic E-state index is 0.185. The van der Waals surface area contributed by atoms with Crippen molar-refractivity contribution in [3.8, 4) is 0 Å². The first kappa shape index (κ1) is 34.7. The third-order valence-corrected chi connectivity index (χ3v) is 15.3. The van der Waals surface area contributed by atoms with Crippen molar-refractivity contribution in [2.24, 2.45) is 50.2 Å². The highest BCUT2D eigenvalue weighted by Gasteiger charge is 2.71. The molecule has 6 aliphatic rings. The molecular weight excluding hydrogens is 592 g/mol. The molecule has 0 amide bonds. The molecule has 1 aliphatic heterocycles. The van der Waals surface area contributed by atoms with Gasteiger partial charge in [-0.1, -0.05) is 60.1 Å². The first-order valence-corrected chi connectivity index (χ1v) is 17.5. The largest absolute Gasteiger partial charge is 0.432 e. The summed E-state index contributed by atoms with van der Waals surface area (Å²) in [7, 11) is 0. The zero-order chi connectivity index (χ0) is 34.0. The lowest BCUT2D eigenvalue weighted by Crippen LogP contribution is -2.68. The van der Waals surface area contributed by atoms with Crippen LogP contribution < -0.4 is 0 Å². The fourth-order valence-electron chi connectivity index (χ4n) is 12.1. The Morgan fingerprint density at radius 3 is 2.15 bits per heavy atom. The molecule has 1 heterocycles. The topological polar surface area (TPSA) is 177 Å². The van der Waals surface area contributed by atoms with E-state index in [0.29, 0.717) is 32.1 Å². The normalized spacial score (nSPS) is 54.3. The molecule has 7 N–H and O–H groups in total. The second-order valence-corrected chi connectivity index (χ2v) is 18.0. The molecule has 5 aliphatic carbocycles. The summed E-state index contributed by atoms with van der Waals surface area (Å²) in [5.41, 5.74) is -1.64. The Hall–Kier alpha value is -1.11. The van der Waals surface area contributed by atoms with Crippen LogP contribution in [-0.4, -0.2) is 97.3 Å². The first-order chi connectivity index (χ1) is 21.2. The zero-order valence-electron chi connectivity index (χ0n) is 28.6. The van der Waals surface area contributed by atoms with Gasteiger partial charge in [-0.3, -0.25) is 4.79 Å². The van der Waals surface area contributed by atoms with Gasteiger partial charge in [-0.05, 0) is 90.3 Å². The standard InChI is InChI=1S/C36H58O10/c1-31(2)12-14-36(30(44)46-29-26(41)25(40)24(39)20(17-37)45-29)15-13-34(6)18(23(36)28(31)43)8-9-22-33(5)16-19(38)27(42)32(3,4)21(33)10-11-35(22,34)7/h8,19-29,37-43H,9-17H2,1-7H3/t19-,20-,21-,22-,23-,24-,25+,26-,27+,28+,29+,33+,34-,35-,36+/m1/s1. The summed E-state index contributed by atoms with van der Waals surface area (Å²) in [6.07, 6.45) is -2.48. The molecule has 5 fully saturated rings. The lowest BCUT2D eigenvalue weighted by molar-refractivity contribution is -0.298. The van der Waals surface area contributed by atoms with Crippen molar-refractivity contribution in [1.82, 2.24) is 0 Å². The van der Waals surface area contributed by atoms with Crippen molar-refractivity contribution in [3.63, 3.8) is 0 Å². The van der Waals surface area contributed by atoms with Gasteiger partial charge in [0.05, 0.1) is 30.3 Å². The molecule has 0 radical (unpaired) electrons. The minimum atomic E-state index is -1.70. The van der Waals surface area contributed by atoms with E-state index in [2.05, 4.69) is 40.7 Å². The van der Waals surface area contributed by atoms with E-state index in [-0.39, 0.29) is 28.1 Å². The number of esters is 1. The van der Waals surface area contributed by atoms with Crippen LogP contribution in [0.4, 0.5) is 0 Å². The van der Waals surface area contributed by atoms with Gasteiger partial charge in [0.25, 0.3) is 0 Å². The highest BCUT2D eigenvalue weighted by Crippen LogP contribution is 2.75. The van der Waals surface area contributed by atoms with E-state index >= 15 is 0 Å². The van der Waals surface area contributed by atoms with Gasteiger partial charge in [-0.2, -0.15) is 0 Å². The smallest absolute Gasteiger partial charge is 0.315 e. The Labute approximate surface area is 273 Å². The van der Waals surface area contributed by atoms with Gasteiger partial charge in [0.1, 0.15) is 24.4 Å². The zero-order valence-corrected chi connectivity index (χ0v) is 28.6. The summed E-state index contributed by atoms with van der Waals surface area (Å²) in [5.74, 6) is -0.666. The Morgan fingerprint density at radius 1 is 0.848 bits per heavy atom. The van der Waals surface area contributed by atoms with Crippen molar-refractivity contribution < 1.29 is 50.0 Å². The van der Waals surface area contributed by atoms with E-state index in [1.807, 2.05) is 13.8 Å². The molecule has 6 rings (SSSR count). The predicted molar refractivity (Wildman–Crippen MR) is 168 cm³/mol. The Kier molecular flexibility index (Phi) is 8.27. The number of carbonyl (C=O) groups excluding carboxylic acids is 1. The Balaban J connectivity index is 1.39. The highest BCUT2D eigenvalue weighted by molar-refractivity contribution is 5.79. The maximum Gasteiger partial charge on any atom is 0.315 e. The maximum atomic E-state index is 14.4. The van der Waals surface area contributed by atoms with Crippen LogP contribution in [0.25, 0.3) is 0 Å². The van der Waals surface area contributed by atoms with Crippen LogP contribution in [0.15, 0.2) is 11.6 Å². The van der Waals surface area contributed by atoms with Crippen LogP contribution in [0.3, 0.4) is 0 Å². The van der Waals surface area contributed by atoms with Crippen LogP contribution in [0.1, 0.15) is 99.8 Å². The van der Waals surface area contributed by atoms with Gasteiger partial charge in [0.15, 0.2) is 0 Å². The molecule has 10 heteroatoms. The van der Waals surface area contributed by atoms with Crippen molar-refractivity contribution in [2.45, 2.75) is 149 Å². The Bertz CT molecular complexity index is 1250. The molecule has 0 aromatic carbocycles. The van der Waals surface area contributed by atoms with Crippen LogP contribution >= 0.6 is 0 Å². The van der Waals surface area contributed by atoms with Gasteiger partial charge in [0.2, 0.25) is 6.29 Å². The van der Waals surface area contributed by atoms with Gasteiger partial charge in [0, 0.05) is 5.92 Å². The van der Waals surface area contributed by atoms with Gasteiger partial charge >= 0.3 is 5.97 Å². The molecule has 4 saturated carbocycles. The molecule has 0 aromatic rings. The van der Waals surface area contributed by atoms with E-state index in [9.17, 15) is 40.5 Å². The molecule has 0 spiro atoms. The molecule has 262 valence electrons. The van der Waals surface area contributed by atoms with Gasteiger partial charge in [-0.25, -0.2) is 0 Å². The average molecular weight is 651 g/mol. The average Bonchev–Trinajstić information content (AvgIpc) is 2.98. The number of rotatable bonds is 3. The van der Waals surface area contributed by atoms with Crippen molar-refractivity contribution >= 4 is 5.97 Å². The van der Waals surface area contributed by atoms with Gasteiger partial charge in [-0.15, -0.1) is 0 Å². The number of hydrogen-bond acceptors (Lipinski definition) is 10. The summed E-state index contributed by atoms with van der Waals surface area (Å²) < 4.78 is 11.4. The molecular formula is C36H58O10. The SMILES string of the molecule is CC1(C)CC[C@]2(C(=O)O[C@@H]3O[C@H](CO)[C@@H](O)[C@H](O)[C@H]3O)CC[C@]3(C)C(=CC[C@@H]4[C@@]5(C)C[C@@H](O)[C@H](O)C(C)(C)[C@H]5CC[C@]43C)[C@@H]2[C@@H]1O. The molecule has 46 heavy (non-hydrogen) atoms. The molecule has 0 unspecified atom stereocenters. The quantitative estimate of drug-likeness (QED) is 0.177. The number of aliphatic hydroxyl groups is 7. The summed E-state index contributed by atoms with van der Waals surface area (Å²) in [6, 6.07) is 0. The van der Waals surface area contributed by atoms with Crippen molar-refractivity contribution in [1.29, 1.82) is 0 Å². The first-order valence-electron chi connectivity index (χ1n) is 17.5. The monoisotopic (exact) mass is 650 g/mol. The summed E-state index contributed by atoms with van der Waals surface area (Å²) in [5, 5.41) is 75.3. The lowest BCUT2D eigenvalue weighted by atomic mass is 9.33. The fraction of sp³-hybridized carbons (Fsp3) is 0.917. The number of carbonyl (C=O) groups is 1. The molecule has 10 nitrogen and oxygen atoms in total. The van der Waals surface area contributed by atoms with Crippen molar-refractivity contribution in [2.75, 3.05) is 6.61 Å². The predicted octanol–water partition coefficient (Wildman–Crippen LogP) is 2.43. The fourth-order valence-corrected chi connectivity index (χ4v) is 12.1. The number of aliphatic hydroxyl groups excluding tert-OH is 7. The number of allylic oxidation sites excluding steroid dienone is 1. The lowest BCUT2D eigenvalue weighted by Gasteiger charge is -2.71. The van der Waals surface area contributed by atoms with E-state index < -0.39 is 83.8 Å². The molecule has 1 saturated heterocycles. The van der Waals surface area contributed by atoms with Crippen LogP contribution in [0, 0.1) is 50.2 Å². The van der Waals surface area contributed by atoms with Gasteiger partial charge < -0.3 is 45.2 Å². The summed E-state index contributed by atoms with van der Waals surface area (Å²) in [6.45, 7) is 14.6. The van der Waals surface area contributed by atoms with E-state index in [1.54, 1.807) is 0 Å². The summed E-state index contributed by atoms with van der Waals surface area (Å²) in [4.78, 5) is 14.4. The van der Waals surface area contributed by atoms with E-state index in [4.69, 9.17) is 9.47 Å².